The lowest BCUT2D eigenvalue weighted by atomic mass is 9.68. The molecule has 1 spiro atoms. The summed E-state index contributed by atoms with van der Waals surface area (Å²) in [5.74, 6) is 2.68. The number of pyridine rings is 1. The highest BCUT2D eigenvalue weighted by Crippen LogP contribution is 2.71. The van der Waals surface area contributed by atoms with Gasteiger partial charge < -0.3 is 14.0 Å². The number of hydrogen-bond donors (Lipinski definition) is 0. The molecule has 1 aliphatic heterocycles. The molecule has 0 unspecified atom stereocenters. The minimum Gasteiger partial charge on any atom is -0.481 e. The van der Waals surface area contributed by atoms with Gasteiger partial charge in [-0.15, -0.1) is 0 Å². The van der Waals surface area contributed by atoms with Gasteiger partial charge in [0.1, 0.15) is 0 Å². The molecule has 0 amide bonds. The van der Waals surface area contributed by atoms with E-state index in [2.05, 4.69) is 10.1 Å². The lowest BCUT2D eigenvalue weighted by molar-refractivity contribution is -0.0960. The Morgan fingerprint density at radius 1 is 1.35 bits per heavy atom. The van der Waals surface area contributed by atoms with Crippen LogP contribution in [0.3, 0.4) is 0 Å². The number of nitrogens with zero attached hydrogens (tertiary/aromatic N) is 3. The second kappa shape index (κ2) is 4.54. The Morgan fingerprint density at radius 3 is 2.91 bits per heavy atom. The first-order valence-electron chi connectivity index (χ1n) is 8.22. The summed E-state index contributed by atoms with van der Waals surface area (Å²) in [6, 6.07) is 3.83. The average molecular weight is 313 g/mol. The fourth-order valence-corrected chi connectivity index (χ4v) is 4.35. The van der Waals surface area contributed by atoms with Crippen LogP contribution >= 0.6 is 0 Å². The van der Waals surface area contributed by atoms with Crippen molar-refractivity contribution in [3.63, 3.8) is 0 Å². The fraction of sp³-hybridized carbons (Fsp3) is 0.588. The van der Waals surface area contributed by atoms with Gasteiger partial charge in [0, 0.05) is 24.6 Å². The van der Waals surface area contributed by atoms with Crippen LogP contribution in [0.2, 0.25) is 0 Å². The number of methoxy groups -OCH3 is 1. The van der Waals surface area contributed by atoms with Gasteiger partial charge in [-0.25, -0.2) is 4.98 Å². The molecule has 0 radical (unpaired) electrons. The second-order valence-electron chi connectivity index (χ2n) is 6.93. The molecular weight excluding hydrogens is 294 g/mol. The Bertz CT molecular complexity index is 738. The van der Waals surface area contributed by atoms with Gasteiger partial charge in [-0.05, 0) is 31.2 Å². The summed E-state index contributed by atoms with van der Waals surface area (Å²) < 4.78 is 16.8. The van der Waals surface area contributed by atoms with E-state index in [0.717, 1.165) is 37.3 Å². The van der Waals surface area contributed by atoms with Crippen molar-refractivity contribution in [3.05, 3.63) is 35.6 Å². The SMILES string of the molecule is COc1ccc(Cc2noc([C@]34C[C@H]3COC43CCC3)n2)cn1. The van der Waals surface area contributed by atoms with Crippen LogP contribution in [-0.2, 0) is 16.6 Å². The highest BCUT2D eigenvalue weighted by atomic mass is 16.5. The van der Waals surface area contributed by atoms with E-state index in [0.29, 0.717) is 24.0 Å². The molecule has 120 valence electrons. The molecule has 2 aliphatic carbocycles. The lowest BCUT2D eigenvalue weighted by Gasteiger charge is -2.43. The van der Waals surface area contributed by atoms with Crippen molar-refractivity contribution in [3.8, 4) is 5.88 Å². The summed E-state index contributed by atoms with van der Waals surface area (Å²) >= 11 is 0. The standard InChI is InChI=1S/C17H19N3O3/c1-21-14-4-3-11(9-18-14)7-13-19-15(23-20-13)17-8-12(17)10-22-16(17)5-2-6-16/h3-4,9,12H,2,5-8,10H2,1H3/t12-,17-/m0/s1. The van der Waals surface area contributed by atoms with Gasteiger partial charge in [0.15, 0.2) is 5.82 Å². The summed E-state index contributed by atoms with van der Waals surface area (Å²) in [5, 5.41) is 4.19. The Kier molecular flexibility index (Phi) is 2.66. The van der Waals surface area contributed by atoms with Crippen molar-refractivity contribution in [1.29, 1.82) is 0 Å². The quantitative estimate of drug-likeness (QED) is 0.862. The minimum atomic E-state index is -0.0108. The number of rotatable bonds is 4. The Balaban J connectivity index is 1.38. The monoisotopic (exact) mass is 313 g/mol. The highest BCUT2D eigenvalue weighted by molar-refractivity contribution is 5.34. The van der Waals surface area contributed by atoms with Crippen molar-refractivity contribution < 1.29 is 14.0 Å². The van der Waals surface area contributed by atoms with E-state index in [9.17, 15) is 0 Å². The summed E-state index contributed by atoms with van der Waals surface area (Å²) in [6.07, 6.45) is 7.05. The molecule has 6 heteroatoms. The Labute approximate surface area is 134 Å². The van der Waals surface area contributed by atoms with Crippen LogP contribution in [0.4, 0.5) is 0 Å². The lowest BCUT2D eigenvalue weighted by Crippen LogP contribution is -2.48. The molecule has 0 N–H and O–H groups in total. The van der Waals surface area contributed by atoms with Crippen LogP contribution in [0.1, 0.15) is 43.0 Å². The van der Waals surface area contributed by atoms with Crippen molar-refractivity contribution in [2.24, 2.45) is 5.92 Å². The average Bonchev–Trinajstić information content (AvgIpc) is 2.93. The van der Waals surface area contributed by atoms with Crippen molar-refractivity contribution in [1.82, 2.24) is 15.1 Å². The van der Waals surface area contributed by atoms with Crippen LogP contribution in [0.25, 0.3) is 0 Å². The molecule has 2 aromatic heterocycles. The third kappa shape index (κ3) is 1.75. The van der Waals surface area contributed by atoms with Crippen LogP contribution in [0, 0.1) is 5.92 Å². The molecular formula is C17H19N3O3. The molecule has 5 rings (SSSR count). The van der Waals surface area contributed by atoms with E-state index in [1.807, 2.05) is 12.1 Å². The first-order valence-corrected chi connectivity index (χ1v) is 8.22. The molecule has 3 fully saturated rings. The zero-order chi connectivity index (χ0) is 15.5. The van der Waals surface area contributed by atoms with E-state index in [4.69, 9.17) is 19.0 Å². The predicted molar refractivity (Wildman–Crippen MR) is 80.2 cm³/mol. The molecule has 6 nitrogen and oxygen atoms in total. The molecule has 0 bridgehead atoms. The maximum Gasteiger partial charge on any atom is 0.236 e. The maximum atomic E-state index is 6.10. The summed E-state index contributed by atoms with van der Waals surface area (Å²) in [5.41, 5.74) is 1.04. The Morgan fingerprint density at radius 2 is 2.26 bits per heavy atom. The second-order valence-corrected chi connectivity index (χ2v) is 6.93. The number of aromatic nitrogens is 3. The molecule has 2 saturated carbocycles. The summed E-state index contributed by atoms with van der Waals surface area (Å²) in [6.45, 7) is 0.847. The number of hydrogen-bond acceptors (Lipinski definition) is 6. The van der Waals surface area contributed by atoms with E-state index >= 15 is 0 Å². The summed E-state index contributed by atoms with van der Waals surface area (Å²) in [4.78, 5) is 8.92. The molecule has 23 heavy (non-hydrogen) atoms. The third-order valence-corrected chi connectivity index (χ3v) is 5.86. The van der Waals surface area contributed by atoms with Crippen LogP contribution in [0.15, 0.2) is 22.9 Å². The van der Waals surface area contributed by atoms with Crippen LogP contribution in [0.5, 0.6) is 5.88 Å². The minimum absolute atomic E-state index is 0.00859. The van der Waals surface area contributed by atoms with Crippen LogP contribution < -0.4 is 4.74 Å². The molecule has 3 aliphatic rings. The number of fused-ring (bicyclic) bond motifs is 2. The Hall–Kier alpha value is -1.95. The van der Waals surface area contributed by atoms with E-state index in [1.165, 1.54) is 6.42 Å². The first-order chi connectivity index (χ1) is 11.3. The van der Waals surface area contributed by atoms with Gasteiger partial charge in [0.2, 0.25) is 11.8 Å². The smallest absolute Gasteiger partial charge is 0.236 e. The van der Waals surface area contributed by atoms with Crippen molar-refractivity contribution in [2.75, 3.05) is 13.7 Å². The fourth-order valence-electron chi connectivity index (χ4n) is 4.35. The van der Waals surface area contributed by atoms with Gasteiger partial charge in [-0.3, -0.25) is 0 Å². The number of ether oxygens (including phenoxy) is 2. The largest absolute Gasteiger partial charge is 0.481 e. The van der Waals surface area contributed by atoms with Gasteiger partial charge in [0.25, 0.3) is 0 Å². The molecule has 2 atom stereocenters. The zero-order valence-electron chi connectivity index (χ0n) is 13.1. The third-order valence-electron chi connectivity index (χ3n) is 5.86. The van der Waals surface area contributed by atoms with E-state index < -0.39 is 0 Å². The predicted octanol–water partition coefficient (Wildman–Crippen LogP) is 2.27. The maximum absolute atomic E-state index is 6.10. The highest BCUT2D eigenvalue weighted by Gasteiger charge is 2.77. The molecule has 3 heterocycles. The normalized spacial score (nSPS) is 30.0. The summed E-state index contributed by atoms with van der Waals surface area (Å²) in [7, 11) is 1.61. The van der Waals surface area contributed by atoms with Gasteiger partial charge >= 0.3 is 0 Å². The first kappa shape index (κ1) is 13.5. The zero-order valence-corrected chi connectivity index (χ0v) is 13.1. The molecule has 0 aromatic carbocycles. The van der Waals surface area contributed by atoms with Crippen molar-refractivity contribution >= 4 is 0 Å². The van der Waals surface area contributed by atoms with E-state index in [1.54, 1.807) is 13.3 Å². The van der Waals surface area contributed by atoms with Gasteiger partial charge in [-0.2, -0.15) is 4.98 Å². The molecule has 2 aromatic rings. The van der Waals surface area contributed by atoms with Gasteiger partial charge in [-0.1, -0.05) is 11.2 Å². The van der Waals surface area contributed by atoms with E-state index in [-0.39, 0.29) is 11.0 Å². The van der Waals surface area contributed by atoms with Crippen LogP contribution in [-0.4, -0.2) is 34.4 Å². The van der Waals surface area contributed by atoms with Crippen molar-refractivity contribution in [2.45, 2.75) is 43.1 Å². The van der Waals surface area contributed by atoms with Gasteiger partial charge in [0.05, 0.1) is 24.7 Å². The topological polar surface area (TPSA) is 70.3 Å². The molecule has 1 saturated heterocycles.